The van der Waals surface area contributed by atoms with Gasteiger partial charge in [-0.2, -0.15) is 0 Å². The number of carboxylic acid groups (broad SMARTS) is 1. The molecule has 0 heterocycles. The van der Waals surface area contributed by atoms with Crippen LogP contribution in [0, 0.1) is 0 Å². The third kappa shape index (κ3) is 18.8. The fourth-order valence-corrected chi connectivity index (χ4v) is 2.31. The molecule has 0 unspecified atom stereocenters. The second kappa shape index (κ2) is 17.8. The van der Waals surface area contributed by atoms with Crippen LogP contribution >= 0.6 is 0 Å². The number of hydrogen-bond donors (Lipinski definition) is 2. The summed E-state index contributed by atoms with van der Waals surface area (Å²) in [5.41, 5.74) is 0. The van der Waals surface area contributed by atoms with Gasteiger partial charge >= 0.3 is 6.09 Å². The first-order chi connectivity index (χ1) is 10.8. The van der Waals surface area contributed by atoms with Crippen LogP contribution in [-0.2, 0) is 0 Å². The Kier molecular flexibility index (Phi) is 16.8. The van der Waals surface area contributed by atoms with Crippen LogP contribution in [0.3, 0.4) is 0 Å². The van der Waals surface area contributed by atoms with E-state index in [9.17, 15) is 4.79 Å². The van der Waals surface area contributed by atoms with Crippen LogP contribution in [0.25, 0.3) is 0 Å². The summed E-state index contributed by atoms with van der Waals surface area (Å²) in [7, 11) is 0. The molecule has 22 heavy (non-hydrogen) atoms. The van der Waals surface area contributed by atoms with Crippen LogP contribution in [0.4, 0.5) is 4.79 Å². The molecule has 0 aromatic heterocycles. The Hall–Kier alpha value is -1.25. The smallest absolute Gasteiger partial charge is 0.404 e. The SMILES string of the molecule is CCCCCC=CCC=CCCCCCCCCNC(=O)O. The topological polar surface area (TPSA) is 49.3 Å². The van der Waals surface area contributed by atoms with Crippen LogP contribution in [0.15, 0.2) is 24.3 Å². The second-order valence-electron chi connectivity index (χ2n) is 5.82. The monoisotopic (exact) mass is 309 g/mol. The number of hydrogen-bond acceptors (Lipinski definition) is 1. The van der Waals surface area contributed by atoms with E-state index in [-0.39, 0.29) is 0 Å². The molecule has 0 aromatic carbocycles. The molecule has 0 bridgehead atoms. The van der Waals surface area contributed by atoms with Crippen molar-refractivity contribution in [1.29, 1.82) is 0 Å². The molecule has 0 rings (SSSR count). The Morgan fingerprint density at radius 2 is 1.36 bits per heavy atom. The van der Waals surface area contributed by atoms with Crippen molar-refractivity contribution in [3.63, 3.8) is 0 Å². The van der Waals surface area contributed by atoms with Crippen LogP contribution in [-0.4, -0.2) is 17.7 Å². The van der Waals surface area contributed by atoms with Crippen molar-refractivity contribution in [1.82, 2.24) is 5.32 Å². The summed E-state index contributed by atoms with van der Waals surface area (Å²) in [5, 5.41) is 10.8. The molecule has 128 valence electrons. The molecule has 0 aliphatic heterocycles. The second-order valence-corrected chi connectivity index (χ2v) is 5.82. The number of carbonyl (C=O) groups is 1. The van der Waals surface area contributed by atoms with Gasteiger partial charge in [0.2, 0.25) is 0 Å². The summed E-state index contributed by atoms with van der Waals surface area (Å²) in [5.74, 6) is 0. The number of rotatable bonds is 15. The van der Waals surface area contributed by atoms with Crippen molar-refractivity contribution in [2.24, 2.45) is 0 Å². The summed E-state index contributed by atoms with van der Waals surface area (Å²) < 4.78 is 0. The zero-order valence-corrected chi connectivity index (χ0v) is 14.4. The maximum Gasteiger partial charge on any atom is 0.404 e. The number of amides is 1. The highest BCUT2D eigenvalue weighted by Crippen LogP contribution is 2.07. The van der Waals surface area contributed by atoms with E-state index in [4.69, 9.17) is 5.11 Å². The molecule has 0 atom stereocenters. The van der Waals surface area contributed by atoms with E-state index in [2.05, 4.69) is 36.5 Å². The highest BCUT2D eigenvalue weighted by molar-refractivity contribution is 5.64. The Labute approximate surface area is 136 Å². The normalized spacial score (nSPS) is 11.5. The summed E-state index contributed by atoms with van der Waals surface area (Å²) in [4.78, 5) is 10.2. The minimum atomic E-state index is -0.914. The number of allylic oxidation sites excluding steroid dienone is 4. The van der Waals surface area contributed by atoms with Gasteiger partial charge < -0.3 is 10.4 Å². The molecule has 0 aliphatic carbocycles. The van der Waals surface area contributed by atoms with Crippen molar-refractivity contribution < 1.29 is 9.90 Å². The molecule has 0 radical (unpaired) electrons. The molecular formula is C19H35NO2. The predicted molar refractivity (Wildman–Crippen MR) is 95.4 cm³/mol. The first-order valence-corrected chi connectivity index (χ1v) is 9.04. The lowest BCUT2D eigenvalue weighted by Crippen LogP contribution is -2.21. The van der Waals surface area contributed by atoms with Crippen molar-refractivity contribution in [3.8, 4) is 0 Å². The molecule has 1 amide bonds. The largest absolute Gasteiger partial charge is 0.465 e. The van der Waals surface area contributed by atoms with Crippen molar-refractivity contribution in [2.75, 3.05) is 6.54 Å². The predicted octanol–water partition coefficient (Wildman–Crippen LogP) is 6.07. The van der Waals surface area contributed by atoms with Gasteiger partial charge in [0.05, 0.1) is 0 Å². The number of unbranched alkanes of at least 4 members (excludes halogenated alkanes) is 9. The highest BCUT2D eigenvalue weighted by atomic mass is 16.4. The Balaban J connectivity index is 3.15. The summed E-state index contributed by atoms with van der Waals surface area (Å²) in [6.07, 6.45) is 22.8. The summed E-state index contributed by atoms with van der Waals surface area (Å²) in [6.45, 7) is 2.83. The maximum absolute atomic E-state index is 10.2. The summed E-state index contributed by atoms with van der Waals surface area (Å²) in [6, 6.07) is 0. The van der Waals surface area contributed by atoms with Gasteiger partial charge in [-0.1, -0.05) is 69.8 Å². The minimum absolute atomic E-state index is 0.587. The lowest BCUT2D eigenvalue weighted by Gasteiger charge is -2.01. The van der Waals surface area contributed by atoms with Crippen LogP contribution in [0.1, 0.15) is 84.0 Å². The molecule has 0 aliphatic rings. The van der Waals surface area contributed by atoms with Crippen molar-refractivity contribution >= 4 is 6.09 Å². The Morgan fingerprint density at radius 1 is 0.818 bits per heavy atom. The minimum Gasteiger partial charge on any atom is -0.465 e. The quantitative estimate of drug-likeness (QED) is 0.285. The lowest BCUT2D eigenvalue weighted by molar-refractivity contribution is 0.194. The van der Waals surface area contributed by atoms with Gasteiger partial charge in [-0.3, -0.25) is 0 Å². The molecular weight excluding hydrogens is 274 g/mol. The molecule has 0 aromatic rings. The van der Waals surface area contributed by atoms with Gasteiger partial charge in [0.1, 0.15) is 0 Å². The third-order valence-electron chi connectivity index (χ3n) is 3.65. The van der Waals surface area contributed by atoms with Crippen molar-refractivity contribution in [3.05, 3.63) is 24.3 Å². The Bertz CT molecular complexity index is 298. The molecule has 3 nitrogen and oxygen atoms in total. The standard InChI is InChI=1S/C19H35NO2/c1-2-3-4-5-6-7-8-9-10-11-12-13-14-15-16-17-18-20-19(21)22/h6-7,9-10,20H,2-5,8,11-18H2,1H3,(H,21,22). The fraction of sp³-hybridized carbons (Fsp3) is 0.737. The first kappa shape index (κ1) is 20.8. The molecule has 0 saturated carbocycles. The third-order valence-corrected chi connectivity index (χ3v) is 3.65. The van der Waals surface area contributed by atoms with Gasteiger partial charge in [0.25, 0.3) is 0 Å². The van der Waals surface area contributed by atoms with E-state index in [1.165, 1.54) is 57.8 Å². The molecule has 0 spiro atoms. The molecule has 0 fully saturated rings. The average molecular weight is 309 g/mol. The van der Waals surface area contributed by atoms with E-state index < -0.39 is 6.09 Å². The number of nitrogens with one attached hydrogen (secondary N) is 1. The highest BCUT2D eigenvalue weighted by Gasteiger charge is 1.93. The van der Waals surface area contributed by atoms with Crippen LogP contribution in [0.2, 0.25) is 0 Å². The van der Waals surface area contributed by atoms with Crippen LogP contribution in [0.5, 0.6) is 0 Å². The van der Waals surface area contributed by atoms with Gasteiger partial charge in [0.15, 0.2) is 0 Å². The van der Waals surface area contributed by atoms with Gasteiger partial charge in [-0.05, 0) is 38.5 Å². The van der Waals surface area contributed by atoms with E-state index in [0.29, 0.717) is 6.54 Å². The van der Waals surface area contributed by atoms with Gasteiger partial charge in [-0.15, -0.1) is 0 Å². The van der Waals surface area contributed by atoms with Crippen molar-refractivity contribution in [2.45, 2.75) is 84.0 Å². The van der Waals surface area contributed by atoms with E-state index in [1.807, 2.05) is 0 Å². The first-order valence-electron chi connectivity index (χ1n) is 9.04. The Morgan fingerprint density at radius 3 is 1.95 bits per heavy atom. The van der Waals surface area contributed by atoms with E-state index in [0.717, 1.165) is 19.3 Å². The van der Waals surface area contributed by atoms with Gasteiger partial charge in [-0.25, -0.2) is 4.79 Å². The summed E-state index contributed by atoms with van der Waals surface area (Å²) >= 11 is 0. The zero-order valence-electron chi connectivity index (χ0n) is 14.4. The maximum atomic E-state index is 10.2. The fourth-order valence-electron chi connectivity index (χ4n) is 2.31. The van der Waals surface area contributed by atoms with Gasteiger partial charge in [0, 0.05) is 6.54 Å². The van der Waals surface area contributed by atoms with E-state index >= 15 is 0 Å². The average Bonchev–Trinajstić information content (AvgIpc) is 2.50. The zero-order chi connectivity index (χ0) is 16.3. The molecule has 2 N–H and O–H groups in total. The van der Waals surface area contributed by atoms with Crippen LogP contribution < -0.4 is 5.32 Å². The molecule has 0 saturated heterocycles. The molecule has 3 heteroatoms. The lowest BCUT2D eigenvalue weighted by atomic mass is 10.1. The van der Waals surface area contributed by atoms with E-state index in [1.54, 1.807) is 0 Å².